The Morgan fingerprint density at radius 2 is 1.42 bits per heavy atom. The number of aromatic nitrogens is 1. The minimum atomic E-state index is -5.09. The average Bonchev–Trinajstić information content (AvgIpc) is 3.07. The van der Waals surface area contributed by atoms with Crippen LogP contribution in [0.2, 0.25) is 0 Å². The number of anilines is 2. The first-order valence-corrected chi connectivity index (χ1v) is 16.5. The summed E-state index contributed by atoms with van der Waals surface area (Å²) in [5.41, 5.74) is 5.70. The number of benzene rings is 3. The average molecular weight is 744 g/mol. The number of nitrogens with one attached hydrogen (secondary N) is 1. The van der Waals surface area contributed by atoms with Crippen LogP contribution < -0.4 is 31.2 Å². The van der Waals surface area contributed by atoms with Crippen molar-refractivity contribution in [2.24, 2.45) is 5.73 Å². The number of hydrogen-bond acceptors (Lipinski definition) is 8. The molecule has 2 amide bonds. The Hall–Kier alpha value is -5.60. The molecular formula is C38H42F5N5O5. The summed E-state index contributed by atoms with van der Waals surface area (Å²) in [6.45, 7) is 6.26. The molecule has 4 aromatic rings. The fraction of sp³-hybridized carbons (Fsp3) is 0.342. The first-order chi connectivity index (χ1) is 24.8. The van der Waals surface area contributed by atoms with Crippen LogP contribution in [0, 0.1) is 18.6 Å². The van der Waals surface area contributed by atoms with Crippen LogP contribution in [0.5, 0.6) is 11.5 Å². The Kier molecular flexibility index (Phi) is 12.4. The summed E-state index contributed by atoms with van der Waals surface area (Å²) in [5, 5.41) is 2.47. The van der Waals surface area contributed by atoms with E-state index in [0.29, 0.717) is 11.5 Å². The van der Waals surface area contributed by atoms with Gasteiger partial charge in [0.15, 0.2) is 5.82 Å². The predicted octanol–water partition coefficient (Wildman–Crippen LogP) is 7.72. The van der Waals surface area contributed by atoms with E-state index in [2.05, 4.69) is 10.3 Å². The summed E-state index contributed by atoms with van der Waals surface area (Å²) in [6.07, 6.45) is -6.43. The first kappa shape index (κ1) is 40.2. The number of hydrogen-bond donors (Lipinski definition) is 3. The molecule has 53 heavy (non-hydrogen) atoms. The highest BCUT2D eigenvalue weighted by molar-refractivity contribution is 6.00. The third-order valence-electron chi connectivity index (χ3n) is 8.14. The topological polar surface area (TPSA) is 142 Å². The molecule has 0 aliphatic heterocycles. The summed E-state index contributed by atoms with van der Waals surface area (Å²) in [6, 6.07) is 15.2. The highest BCUT2D eigenvalue weighted by Gasteiger charge is 2.40. The number of aryl methyl sites for hydroxylation is 1. The predicted molar refractivity (Wildman–Crippen MR) is 191 cm³/mol. The molecule has 1 aromatic heterocycles. The molecule has 15 heteroatoms. The Morgan fingerprint density at radius 3 is 1.87 bits per heavy atom. The number of methoxy groups -OCH3 is 2. The van der Waals surface area contributed by atoms with Gasteiger partial charge in [-0.05, 0) is 87.6 Å². The summed E-state index contributed by atoms with van der Waals surface area (Å²) < 4.78 is 93.0. The van der Waals surface area contributed by atoms with Crippen LogP contribution >= 0.6 is 0 Å². The quantitative estimate of drug-likeness (QED) is 0.0719. The zero-order valence-electron chi connectivity index (χ0n) is 30.2. The molecule has 3 aromatic carbocycles. The normalized spacial score (nSPS) is 11.6. The molecule has 0 radical (unpaired) electrons. The summed E-state index contributed by atoms with van der Waals surface area (Å²) in [7, 11) is 3.02. The Balaban J connectivity index is 1.92. The van der Waals surface area contributed by atoms with Crippen molar-refractivity contribution in [3.63, 3.8) is 0 Å². The van der Waals surface area contributed by atoms with Crippen LogP contribution in [0.3, 0.4) is 0 Å². The van der Waals surface area contributed by atoms with Crippen LogP contribution in [-0.2, 0) is 30.4 Å². The van der Waals surface area contributed by atoms with E-state index in [-0.39, 0.29) is 37.4 Å². The van der Waals surface area contributed by atoms with Gasteiger partial charge in [0.05, 0.1) is 31.2 Å². The van der Waals surface area contributed by atoms with Gasteiger partial charge in [-0.3, -0.25) is 4.79 Å². The lowest BCUT2D eigenvalue weighted by Gasteiger charge is -2.27. The largest absolute Gasteiger partial charge is 0.497 e. The number of halogens is 5. The SMILES string of the molecule is COc1ccc(CN(Cc2ccc(OC)cc2)c2cc(C)c(C(F)(F)F)c(-c3c(F)c(N)c(C(N)=O)c(F)c3CCCNC(=O)OC(C)(C)C)n2)cc1. The van der Waals surface area contributed by atoms with E-state index in [1.54, 1.807) is 74.2 Å². The van der Waals surface area contributed by atoms with Gasteiger partial charge in [-0.2, -0.15) is 13.2 Å². The second kappa shape index (κ2) is 16.4. The van der Waals surface area contributed by atoms with E-state index in [4.69, 9.17) is 25.7 Å². The highest BCUT2D eigenvalue weighted by atomic mass is 19.4. The molecule has 1 heterocycles. The number of carbonyl (C=O) groups excluding carboxylic acids is 2. The third kappa shape index (κ3) is 9.84. The number of alkyl halides is 3. The molecule has 0 saturated heterocycles. The maximum Gasteiger partial charge on any atom is 0.418 e. The summed E-state index contributed by atoms with van der Waals surface area (Å²) >= 11 is 0. The van der Waals surface area contributed by atoms with Crippen molar-refractivity contribution in [1.29, 1.82) is 0 Å². The summed E-state index contributed by atoms with van der Waals surface area (Å²) in [4.78, 5) is 30.5. The number of ether oxygens (including phenoxy) is 3. The molecule has 0 fully saturated rings. The van der Waals surface area contributed by atoms with Crippen LogP contribution in [0.15, 0.2) is 54.6 Å². The number of rotatable bonds is 13. The number of alkyl carbamates (subject to hydrolysis) is 1. The number of nitrogens with zero attached hydrogens (tertiary/aromatic N) is 2. The van der Waals surface area contributed by atoms with Gasteiger partial charge in [0.25, 0.3) is 5.91 Å². The van der Waals surface area contributed by atoms with Crippen LogP contribution in [0.4, 0.5) is 38.3 Å². The summed E-state index contributed by atoms with van der Waals surface area (Å²) in [5.74, 6) is -3.13. The van der Waals surface area contributed by atoms with Crippen LogP contribution in [0.1, 0.15) is 65.4 Å². The van der Waals surface area contributed by atoms with Gasteiger partial charge < -0.3 is 35.9 Å². The van der Waals surface area contributed by atoms with Gasteiger partial charge >= 0.3 is 12.3 Å². The van der Waals surface area contributed by atoms with E-state index < -0.39 is 75.5 Å². The van der Waals surface area contributed by atoms with Gasteiger partial charge in [-0.15, -0.1) is 0 Å². The van der Waals surface area contributed by atoms with Gasteiger partial charge in [0.1, 0.15) is 34.3 Å². The van der Waals surface area contributed by atoms with Gasteiger partial charge in [0, 0.05) is 30.8 Å². The standard InChI is InChI=1S/C38H42F5N5O5/c1-21-18-27(48(19-22-9-13-24(51-5)14-10-22)20-23-11-15-25(52-6)16-12-23)47-34(30(21)38(41,42)43)28-26(8-7-17-46-36(50)53-37(2,3)4)31(39)29(35(45)49)33(44)32(28)40/h9-16,18H,7-8,17,19-20,44H2,1-6H3,(H2,45,49)(H,46,50). The zero-order valence-corrected chi connectivity index (χ0v) is 30.2. The number of nitrogen functional groups attached to an aromatic ring is 1. The second-order valence-electron chi connectivity index (χ2n) is 13.2. The van der Waals surface area contributed by atoms with Crippen molar-refractivity contribution < 1.29 is 45.8 Å². The van der Waals surface area contributed by atoms with Crippen molar-refractivity contribution in [1.82, 2.24) is 10.3 Å². The lowest BCUT2D eigenvalue weighted by atomic mass is 9.90. The van der Waals surface area contributed by atoms with Crippen molar-refractivity contribution in [2.75, 3.05) is 31.4 Å². The molecule has 0 aliphatic carbocycles. The number of pyridine rings is 1. The Labute approximate surface area is 304 Å². The van der Waals surface area contributed by atoms with Gasteiger partial charge in [-0.25, -0.2) is 18.6 Å². The van der Waals surface area contributed by atoms with Crippen molar-refractivity contribution in [3.05, 3.63) is 99.6 Å². The third-order valence-corrected chi connectivity index (χ3v) is 8.14. The molecule has 10 nitrogen and oxygen atoms in total. The number of primary amides is 1. The number of nitrogens with two attached hydrogens (primary N) is 2. The monoisotopic (exact) mass is 743 g/mol. The molecule has 0 aliphatic rings. The zero-order chi connectivity index (χ0) is 39.2. The van der Waals surface area contributed by atoms with E-state index in [9.17, 15) is 22.8 Å². The number of amides is 2. The van der Waals surface area contributed by atoms with E-state index in [1.165, 1.54) is 27.2 Å². The van der Waals surface area contributed by atoms with Crippen LogP contribution in [-0.4, -0.2) is 43.3 Å². The molecule has 0 spiro atoms. The van der Waals surface area contributed by atoms with Gasteiger partial charge in [0.2, 0.25) is 0 Å². The number of carbonyl (C=O) groups is 2. The second-order valence-corrected chi connectivity index (χ2v) is 13.2. The molecule has 0 atom stereocenters. The highest BCUT2D eigenvalue weighted by Crippen LogP contribution is 2.44. The fourth-order valence-electron chi connectivity index (χ4n) is 5.72. The molecule has 0 saturated carbocycles. The molecule has 284 valence electrons. The lowest BCUT2D eigenvalue weighted by molar-refractivity contribution is -0.137. The van der Waals surface area contributed by atoms with Crippen molar-refractivity contribution in [3.8, 4) is 22.8 Å². The molecule has 4 rings (SSSR count). The molecule has 0 unspecified atom stereocenters. The Bertz CT molecular complexity index is 1900. The van der Waals surface area contributed by atoms with E-state index in [0.717, 1.165) is 11.1 Å². The fourth-order valence-corrected chi connectivity index (χ4v) is 5.72. The van der Waals surface area contributed by atoms with Crippen molar-refractivity contribution >= 4 is 23.5 Å². The van der Waals surface area contributed by atoms with E-state index >= 15 is 8.78 Å². The first-order valence-electron chi connectivity index (χ1n) is 16.5. The molecular weight excluding hydrogens is 701 g/mol. The maximum absolute atomic E-state index is 16.4. The smallest absolute Gasteiger partial charge is 0.418 e. The minimum absolute atomic E-state index is 0.00651. The van der Waals surface area contributed by atoms with Crippen molar-refractivity contribution in [2.45, 2.75) is 65.4 Å². The van der Waals surface area contributed by atoms with E-state index in [1.807, 2.05) is 0 Å². The van der Waals surface area contributed by atoms with Gasteiger partial charge in [-0.1, -0.05) is 24.3 Å². The molecule has 0 bridgehead atoms. The molecule has 5 N–H and O–H groups in total. The van der Waals surface area contributed by atoms with Crippen LogP contribution in [0.25, 0.3) is 11.3 Å². The maximum atomic E-state index is 16.4. The minimum Gasteiger partial charge on any atom is -0.497 e. The Morgan fingerprint density at radius 1 is 0.887 bits per heavy atom. The lowest BCUT2D eigenvalue weighted by Crippen LogP contribution is -2.33.